The van der Waals surface area contributed by atoms with Crippen LogP contribution < -0.4 is 0 Å². The van der Waals surface area contributed by atoms with E-state index in [2.05, 4.69) is 4.90 Å². The summed E-state index contributed by atoms with van der Waals surface area (Å²) >= 11 is 0. The molecule has 1 aromatic carbocycles. The van der Waals surface area contributed by atoms with E-state index in [-0.39, 0.29) is 5.82 Å². The molecule has 3 rings (SSSR count). The molecule has 0 radical (unpaired) electrons. The van der Waals surface area contributed by atoms with Gasteiger partial charge in [0.1, 0.15) is 11.4 Å². The normalized spacial score (nSPS) is 20.6. The van der Waals surface area contributed by atoms with Gasteiger partial charge in [-0.1, -0.05) is 12.1 Å². The fourth-order valence-corrected chi connectivity index (χ4v) is 3.96. The average Bonchev–Trinajstić information content (AvgIpc) is 3.16. The van der Waals surface area contributed by atoms with Gasteiger partial charge in [-0.3, -0.25) is 0 Å². The van der Waals surface area contributed by atoms with Crippen LogP contribution >= 0.6 is 0 Å². The highest BCUT2D eigenvalue weighted by Crippen LogP contribution is 2.37. The zero-order valence-electron chi connectivity index (χ0n) is 17.8. The van der Waals surface area contributed by atoms with E-state index in [9.17, 15) is 9.18 Å². The monoisotopic (exact) mass is 408 g/mol. The van der Waals surface area contributed by atoms with Crippen LogP contribution in [0.25, 0.3) is 0 Å². The van der Waals surface area contributed by atoms with Crippen molar-refractivity contribution in [2.75, 3.05) is 39.3 Å². The molecule has 2 aliphatic heterocycles. The number of carbonyl (C=O) groups excluding carboxylic acids is 1. The Morgan fingerprint density at radius 2 is 1.69 bits per heavy atom. The molecule has 29 heavy (non-hydrogen) atoms. The number of hydroxylamine groups is 2. The molecule has 2 heterocycles. The second-order valence-corrected chi connectivity index (χ2v) is 8.88. The molecule has 2 fully saturated rings. The molecule has 0 amide bonds. The SMILES string of the molecule is CC(C)(C)OC(=O)ON1CCC(OCCN2CCCC2)(c2ccc(F)cc2)CC1. The first-order valence-corrected chi connectivity index (χ1v) is 10.5. The first-order valence-electron chi connectivity index (χ1n) is 10.5. The van der Waals surface area contributed by atoms with Gasteiger partial charge in [0.15, 0.2) is 0 Å². The van der Waals surface area contributed by atoms with E-state index in [4.69, 9.17) is 14.3 Å². The summed E-state index contributed by atoms with van der Waals surface area (Å²) in [6.45, 7) is 10.3. The first-order chi connectivity index (χ1) is 13.8. The Morgan fingerprint density at radius 3 is 2.28 bits per heavy atom. The standard InChI is InChI=1S/C22H33FN2O4/c1-21(2,3)28-20(26)29-25-14-10-22(11-15-25,18-6-8-19(23)9-7-18)27-17-16-24-12-4-5-13-24/h6-9H,4-5,10-17H2,1-3H3. The van der Waals surface area contributed by atoms with Crippen molar-refractivity contribution >= 4 is 6.16 Å². The van der Waals surface area contributed by atoms with E-state index in [1.165, 1.54) is 25.0 Å². The maximum Gasteiger partial charge on any atom is 0.528 e. The molecule has 6 nitrogen and oxygen atoms in total. The van der Waals surface area contributed by atoms with Gasteiger partial charge < -0.3 is 19.2 Å². The van der Waals surface area contributed by atoms with Crippen molar-refractivity contribution in [3.63, 3.8) is 0 Å². The summed E-state index contributed by atoms with van der Waals surface area (Å²) in [5.74, 6) is -0.258. The van der Waals surface area contributed by atoms with Gasteiger partial charge in [0.25, 0.3) is 0 Å². The van der Waals surface area contributed by atoms with Gasteiger partial charge in [0, 0.05) is 19.6 Å². The van der Waals surface area contributed by atoms with Crippen LogP contribution in [-0.4, -0.2) is 61.1 Å². The molecule has 0 spiro atoms. The number of benzene rings is 1. The fraction of sp³-hybridized carbons (Fsp3) is 0.682. The highest BCUT2D eigenvalue weighted by atomic mass is 19.1. The zero-order valence-corrected chi connectivity index (χ0v) is 17.8. The molecule has 0 unspecified atom stereocenters. The van der Waals surface area contributed by atoms with Gasteiger partial charge in [-0.15, -0.1) is 5.06 Å². The third-order valence-corrected chi connectivity index (χ3v) is 5.48. The smallest absolute Gasteiger partial charge is 0.427 e. The number of piperidine rings is 1. The van der Waals surface area contributed by atoms with Crippen LogP contribution in [0.15, 0.2) is 24.3 Å². The summed E-state index contributed by atoms with van der Waals surface area (Å²) in [5.41, 5.74) is -0.123. The van der Waals surface area contributed by atoms with Crippen molar-refractivity contribution in [3.05, 3.63) is 35.6 Å². The third-order valence-electron chi connectivity index (χ3n) is 5.48. The van der Waals surface area contributed by atoms with Crippen molar-refractivity contribution < 1.29 is 23.5 Å². The molecular formula is C22H33FN2O4. The molecule has 0 saturated carbocycles. The van der Waals surface area contributed by atoms with Gasteiger partial charge in [-0.05, 0) is 77.2 Å². The second kappa shape index (κ2) is 9.41. The van der Waals surface area contributed by atoms with Gasteiger partial charge in [-0.25, -0.2) is 9.18 Å². The van der Waals surface area contributed by atoms with E-state index in [1.54, 1.807) is 38.0 Å². The topological polar surface area (TPSA) is 51.2 Å². The Hall–Kier alpha value is -1.70. The number of ether oxygens (including phenoxy) is 2. The maximum atomic E-state index is 13.4. The summed E-state index contributed by atoms with van der Waals surface area (Å²) in [7, 11) is 0. The largest absolute Gasteiger partial charge is 0.528 e. The van der Waals surface area contributed by atoms with E-state index in [0.717, 1.165) is 25.2 Å². The highest BCUT2D eigenvalue weighted by molar-refractivity contribution is 5.60. The highest BCUT2D eigenvalue weighted by Gasteiger charge is 2.39. The summed E-state index contributed by atoms with van der Waals surface area (Å²) in [6, 6.07) is 6.56. The number of rotatable bonds is 6. The van der Waals surface area contributed by atoms with E-state index in [0.29, 0.717) is 32.5 Å². The number of halogens is 1. The van der Waals surface area contributed by atoms with Gasteiger partial charge in [0.2, 0.25) is 0 Å². The lowest BCUT2D eigenvalue weighted by Crippen LogP contribution is -2.46. The van der Waals surface area contributed by atoms with Crippen molar-refractivity contribution in [3.8, 4) is 0 Å². The molecular weight excluding hydrogens is 375 g/mol. The third kappa shape index (κ3) is 6.39. The first kappa shape index (κ1) is 22.0. The molecule has 2 saturated heterocycles. The van der Waals surface area contributed by atoms with Crippen LogP contribution in [0.2, 0.25) is 0 Å². The number of hydrogen-bond acceptors (Lipinski definition) is 6. The van der Waals surface area contributed by atoms with E-state index in [1.807, 2.05) is 0 Å². The summed E-state index contributed by atoms with van der Waals surface area (Å²) < 4.78 is 25.1. The molecule has 0 aromatic heterocycles. The van der Waals surface area contributed by atoms with Gasteiger partial charge in [-0.2, -0.15) is 0 Å². The molecule has 0 bridgehead atoms. The van der Waals surface area contributed by atoms with Crippen LogP contribution in [0.4, 0.5) is 9.18 Å². The summed E-state index contributed by atoms with van der Waals surface area (Å²) in [6.07, 6.45) is 3.12. The van der Waals surface area contributed by atoms with E-state index >= 15 is 0 Å². The quantitative estimate of drug-likeness (QED) is 0.661. The van der Waals surface area contributed by atoms with Crippen molar-refractivity contribution in [1.82, 2.24) is 9.96 Å². The van der Waals surface area contributed by atoms with Crippen LogP contribution in [0.1, 0.15) is 52.0 Å². The number of likely N-dealkylation sites (tertiary alicyclic amines) is 1. The van der Waals surface area contributed by atoms with Gasteiger partial charge >= 0.3 is 6.16 Å². The Morgan fingerprint density at radius 1 is 1.07 bits per heavy atom. The van der Waals surface area contributed by atoms with Crippen LogP contribution in [0.3, 0.4) is 0 Å². The zero-order chi connectivity index (χ0) is 20.9. The van der Waals surface area contributed by atoms with Crippen molar-refractivity contribution in [1.29, 1.82) is 0 Å². The number of nitrogens with zero attached hydrogens (tertiary/aromatic N) is 2. The Kier molecular flexibility index (Phi) is 7.14. The van der Waals surface area contributed by atoms with Crippen LogP contribution in [0, 0.1) is 5.82 Å². The Bertz CT molecular complexity index is 660. The summed E-state index contributed by atoms with van der Waals surface area (Å²) in [5, 5.41) is 1.62. The molecule has 1 aromatic rings. The minimum absolute atomic E-state index is 0.258. The maximum absolute atomic E-state index is 13.4. The lowest BCUT2D eigenvalue weighted by molar-refractivity contribution is -0.188. The molecule has 162 valence electrons. The van der Waals surface area contributed by atoms with Crippen LogP contribution in [0.5, 0.6) is 0 Å². The Balaban J connectivity index is 1.60. The van der Waals surface area contributed by atoms with E-state index < -0.39 is 17.4 Å². The second-order valence-electron chi connectivity index (χ2n) is 8.88. The predicted molar refractivity (Wildman–Crippen MR) is 108 cm³/mol. The van der Waals surface area contributed by atoms with Crippen molar-refractivity contribution in [2.45, 2.75) is 57.7 Å². The predicted octanol–water partition coefficient (Wildman–Crippen LogP) is 4.10. The summed E-state index contributed by atoms with van der Waals surface area (Å²) in [4.78, 5) is 19.7. The lowest BCUT2D eigenvalue weighted by atomic mass is 9.84. The lowest BCUT2D eigenvalue weighted by Gasteiger charge is -2.41. The molecule has 7 heteroatoms. The average molecular weight is 409 g/mol. The number of carbonyl (C=O) groups is 1. The van der Waals surface area contributed by atoms with Gasteiger partial charge in [0.05, 0.1) is 12.2 Å². The van der Waals surface area contributed by atoms with Crippen molar-refractivity contribution in [2.24, 2.45) is 0 Å². The minimum Gasteiger partial charge on any atom is -0.427 e. The molecule has 0 N–H and O–H groups in total. The fourth-order valence-electron chi connectivity index (χ4n) is 3.96. The van der Waals surface area contributed by atoms with Crippen LogP contribution in [-0.2, 0) is 19.9 Å². The molecule has 2 aliphatic rings. The minimum atomic E-state index is -0.693. The molecule has 0 aliphatic carbocycles. The number of hydrogen-bond donors (Lipinski definition) is 0. The molecule has 0 atom stereocenters. The Labute approximate surface area is 172 Å².